The molecular formula is C40H34N2O6. The number of carbonyl (C=O) groups is 4. The number of benzene rings is 4. The molecule has 3 atom stereocenters. The number of fused-ring (bicyclic) bond motifs is 2. The van der Waals surface area contributed by atoms with Crippen molar-refractivity contribution in [2.75, 3.05) is 4.90 Å². The molecule has 2 aliphatic rings. The number of nitrogens with zero attached hydrogens (tertiary/aromatic N) is 2. The zero-order valence-corrected chi connectivity index (χ0v) is 26.5. The first-order valence-corrected chi connectivity index (χ1v) is 16.3. The lowest BCUT2D eigenvalue weighted by atomic mass is 9.81. The second kappa shape index (κ2) is 13.2. The van der Waals surface area contributed by atoms with E-state index in [0.717, 1.165) is 31.2 Å². The van der Waals surface area contributed by atoms with Crippen LogP contribution in [0, 0.1) is 11.8 Å². The molecule has 8 heteroatoms. The number of Topliss-reactive ketones (excluding diaryl/α,β-unsaturated/α-hetero) is 1. The highest BCUT2D eigenvalue weighted by Crippen LogP contribution is 2.40. The number of anilines is 1. The van der Waals surface area contributed by atoms with E-state index in [1.807, 2.05) is 48.5 Å². The van der Waals surface area contributed by atoms with E-state index in [4.69, 9.17) is 14.5 Å². The SMILES string of the molecule is CC(OC(=O)c1cc(-c2ccc(N3C(=O)C4CCCCC4C3=O)cc2)nc2ccccc12)C(=O)c1ccc(OCc2ccccc2)cc1. The highest BCUT2D eigenvalue weighted by Gasteiger charge is 2.48. The van der Waals surface area contributed by atoms with Gasteiger partial charge in [-0.2, -0.15) is 0 Å². The Morgan fingerprint density at radius 3 is 2.15 bits per heavy atom. The van der Waals surface area contributed by atoms with E-state index >= 15 is 0 Å². The van der Waals surface area contributed by atoms with Gasteiger partial charge in [0, 0.05) is 16.5 Å². The minimum Gasteiger partial charge on any atom is -0.489 e. The third kappa shape index (κ3) is 6.09. The fraction of sp³-hybridized carbons (Fsp3) is 0.225. The molecule has 2 fully saturated rings. The molecule has 7 rings (SSSR count). The van der Waals surface area contributed by atoms with Crippen LogP contribution in [0.2, 0.25) is 0 Å². The van der Waals surface area contributed by atoms with Crippen molar-refractivity contribution in [2.24, 2.45) is 11.8 Å². The summed E-state index contributed by atoms with van der Waals surface area (Å²) in [6, 6.07) is 32.5. The summed E-state index contributed by atoms with van der Waals surface area (Å²) < 4.78 is 11.5. The molecule has 240 valence electrons. The molecule has 1 saturated carbocycles. The van der Waals surface area contributed by atoms with Gasteiger partial charge in [0.25, 0.3) is 0 Å². The predicted octanol–water partition coefficient (Wildman–Crippen LogP) is 7.59. The van der Waals surface area contributed by atoms with E-state index in [-0.39, 0.29) is 35.0 Å². The Bertz CT molecular complexity index is 1980. The van der Waals surface area contributed by atoms with E-state index in [9.17, 15) is 19.2 Å². The smallest absolute Gasteiger partial charge is 0.339 e. The number of imide groups is 1. The van der Waals surface area contributed by atoms with E-state index in [1.165, 1.54) is 4.90 Å². The van der Waals surface area contributed by atoms with E-state index in [2.05, 4.69) is 0 Å². The van der Waals surface area contributed by atoms with Crippen LogP contribution in [0.1, 0.15) is 58.9 Å². The third-order valence-corrected chi connectivity index (χ3v) is 9.24. The number of carbonyl (C=O) groups excluding carboxylic acids is 4. The Morgan fingerprint density at radius 2 is 1.46 bits per heavy atom. The van der Waals surface area contributed by atoms with Gasteiger partial charge in [0.2, 0.25) is 17.6 Å². The van der Waals surface area contributed by atoms with Crippen molar-refractivity contribution in [1.29, 1.82) is 0 Å². The normalized spacial score (nSPS) is 18.0. The molecule has 0 N–H and O–H groups in total. The summed E-state index contributed by atoms with van der Waals surface area (Å²) in [5.41, 5.74) is 4.06. The van der Waals surface area contributed by atoms with Gasteiger partial charge >= 0.3 is 5.97 Å². The number of ether oxygens (including phenoxy) is 2. The van der Waals surface area contributed by atoms with Crippen molar-refractivity contribution >= 4 is 40.2 Å². The van der Waals surface area contributed by atoms with Crippen LogP contribution >= 0.6 is 0 Å². The lowest BCUT2D eigenvalue weighted by molar-refractivity contribution is -0.122. The van der Waals surface area contributed by atoms with Crippen molar-refractivity contribution < 1.29 is 28.7 Å². The fourth-order valence-corrected chi connectivity index (χ4v) is 6.66. The molecule has 1 aromatic heterocycles. The highest BCUT2D eigenvalue weighted by atomic mass is 16.5. The zero-order chi connectivity index (χ0) is 33.2. The predicted molar refractivity (Wildman–Crippen MR) is 182 cm³/mol. The summed E-state index contributed by atoms with van der Waals surface area (Å²) in [7, 11) is 0. The van der Waals surface area contributed by atoms with Crippen LogP contribution in [0.3, 0.4) is 0 Å². The average Bonchev–Trinajstić information content (AvgIpc) is 3.39. The average molecular weight is 639 g/mol. The van der Waals surface area contributed by atoms with Crippen molar-refractivity contribution in [1.82, 2.24) is 4.98 Å². The second-order valence-electron chi connectivity index (χ2n) is 12.3. The summed E-state index contributed by atoms with van der Waals surface area (Å²) in [6.45, 7) is 1.97. The molecule has 2 amide bonds. The summed E-state index contributed by atoms with van der Waals surface area (Å²) in [4.78, 5) is 59.1. The lowest BCUT2D eigenvalue weighted by Crippen LogP contribution is -2.30. The van der Waals surface area contributed by atoms with E-state index in [1.54, 1.807) is 67.6 Å². The molecule has 3 unspecified atom stereocenters. The summed E-state index contributed by atoms with van der Waals surface area (Å²) in [5.74, 6) is -1.06. The Morgan fingerprint density at radius 1 is 0.812 bits per heavy atom. The van der Waals surface area contributed by atoms with Crippen molar-refractivity contribution in [2.45, 2.75) is 45.3 Å². The number of pyridine rings is 1. The first kappa shape index (κ1) is 31.0. The van der Waals surface area contributed by atoms with Gasteiger partial charge in [0.05, 0.1) is 34.3 Å². The number of hydrogen-bond donors (Lipinski definition) is 0. The quantitative estimate of drug-likeness (QED) is 0.0931. The molecule has 0 bridgehead atoms. The minimum atomic E-state index is -1.04. The molecule has 1 aliphatic carbocycles. The number of ketones is 1. The molecule has 1 saturated heterocycles. The summed E-state index contributed by atoms with van der Waals surface area (Å²) in [6.07, 6.45) is 2.41. The molecule has 5 aromatic rings. The molecule has 0 spiro atoms. The van der Waals surface area contributed by atoms with Gasteiger partial charge < -0.3 is 9.47 Å². The van der Waals surface area contributed by atoms with Crippen molar-refractivity contribution in [3.63, 3.8) is 0 Å². The maximum absolute atomic E-state index is 13.6. The number of rotatable bonds is 9. The molecule has 1 aliphatic heterocycles. The van der Waals surface area contributed by atoms with Crippen LogP contribution in [0.15, 0.2) is 109 Å². The Labute approximate surface area is 278 Å². The topological polar surface area (TPSA) is 103 Å². The number of aromatic nitrogens is 1. The fourth-order valence-electron chi connectivity index (χ4n) is 6.66. The highest BCUT2D eigenvalue weighted by molar-refractivity contribution is 6.22. The van der Waals surface area contributed by atoms with Gasteiger partial charge in [-0.05, 0) is 73.9 Å². The molecule has 8 nitrogen and oxygen atoms in total. The first-order valence-electron chi connectivity index (χ1n) is 16.3. The monoisotopic (exact) mass is 638 g/mol. The number of hydrogen-bond acceptors (Lipinski definition) is 7. The summed E-state index contributed by atoms with van der Waals surface area (Å²) >= 11 is 0. The van der Waals surface area contributed by atoms with Crippen LogP contribution < -0.4 is 9.64 Å². The van der Waals surface area contributed by atoms with Crippen LogP contribution in [0.25, 0.3) is 22.2 Å². The van der Waals surface area contributed by atoms with Crippen molar-refractivity contribution in [3.05, 3.63) is 126 Å². The van der Waals surface area contributed by atoms with Gasteiger partial charge in [-0.15, -0.1) is 0 Å². The van der Waals surface area contributed by atoms with Crippen molar-refractivity contribution in [3.8, 4) is 17.0 Å². The van der Waals surface area contributed by atoms with Crippen LogP contribution in [-0.4, -0.2) is 34.7 Å². The van der Waals surface area contributed by atoms with Gasteiger partial charge in [0.15, 0.2) is 6.10 Å². The number of para-hydroxylation sites is 1. The molecule has 48 heavy (non-hydrogen) atoms. The maximum atomic E-state index is 13.6. The second-order valence-corrected chi connectivity index (χ2v) is 12.3. The van der Waals surface area contributed by atoms with Crippen LogP contribution in [0.4, 0.5) is 5.69 Å². The first-order chi connectivity index (χ1) is 23.4. The largest absolute Gasteiger partial charge is 0.489 e. The maximum Gasteiger partial charge on any atom is 0.339 e. The van der Waals surface area contributed by atoms with E-state index < -0.39 is 12.1 Å². The third-order valence-electron chi connectivity index (χ3n) is 9.24. The van der Waals surface area contributed by atoms with Gasteiger partial charge in [-0.25, -0.2) is 9.78 Å². The lowest BCUT2D eigenvalue weighted by Gasteiger charge is -2.19. The molecule has 4 aromatic carbocycles. The van der Waals surface area contributed by atoms with Gasteiger partial charge in [0.1, 0.15) is 12.4 Å². The number of amides is 2. The molecular weight excluding hydrogens is 604 g/mol. The standard InChI is InChI=1S/C40H34N2O6/c1-25(37(43)28-17-21-30(22-18-28)47-24-26-9-3-2-4-10-26)48-40(46)34-23-36(41-35-14-8-7-11-31(34)35)27-15-19-29(20-16-27)42-38(44)32-12-5-6-13-33(32)39(42)45/h2-4,7-11,14-23,25,32-33H,5-6,12-13,24H2,1H3. The van der Waals surface area contributed by atoms with Crippen LogP contribution in [0.5, 0.6) is 5.75 Å². The van der Waals surface area contributed by atoms with Crippen LogP contribution in [-0.2, 0) is 20.9 Å². The number of esters is 1. The molecule has 2 heterocycles. The summed E-state index contributed by atoms with van der Waals surface area (Å²) in [5, 5.41) is 0.596. The minimum absolute atomic E-state index is 0.123. The Hall–Kier alpha value is -5.63. The Balaban J connectivity index is 1.07. The van der Waals surface area contributed by atoms with E-state index in [0.29, 0.717) is 45.8 Å². The zero-order valence-electron chi connectivity index (χ0n) is 26.5. The van der Waals surface area contributed by atoms with Gasteiger partial charge in [-0.3, -0.25) is 19.3 Å². The van der Waals surface area contributed by atoms with Gasteiger partial charge in [-0.1, -0.05) is 73.5 Å². The Kier molecular flexibility index (Phi) is 8.55. The molecule has 0 radical (unpaired) electrons.